The summed E-state index contributed by atoms with van der Waals surface area (Å²) in [6.45, 7) is 8.81. The molecule has 6 atom stereocenters. The van der Waals surface area contributed by atoms with Crippen LogP contribution in [0.2, 0.25) is 0 Å². The van der Waals surface area contributed by atoms with E-state index in [1.807, 2.05) is 6.92 Å². The van der Waals surface area contributed by atoms with Gasteiger partial charge in [-0.15, -0.1) is 0 Å². The average Bonchev–Trinajstić information content (AvgIpc) is 2.49. The lowest BCUT2D eigenvalue weighted by atomic mass is 9.39. The van der Waals surface area contributed by atoms with Crippen LogP contribution in [0.4, 0.5) is 0 Å². The van der Waals surface area contributed by atoms with Crippen LogP contribution < -0.4 is 0 Å². The van der Waals surface area contributed by atoms with Crippen LogP contribution in [0.25, 0.3) is 0 Å². The zero-order valence-electron chi connectivity index (χ0n) is 11.6. The quantitative estimate of drug-likeness (QED) is 0.681. The summed E-state index contributed by atoms with van der Waals surface area (Å²) in [4.78, 5) is 0. The first-order valence-corrected chi connectivity index (χ1v) is 7.11. The molecule has 3 fully saturated rings. The topological polar surface area (TPSA) is 40.5 Å². The highest BCUT2D eigenvalue weighted by atomic mass is 16.3. The molecule has 0 amide bonds. The lowest BCUT2D eigenvalue weighted by molar-refractivity contribution is -0.275. The lowest BCUT2D eigenvalue weighted by Gasteiger charge is -2.68. The fourth-order valence-electron chi connectivity index (χ4n) is 6.12. The van der Waals surface area contributed by atoms with E-state index in [0.717, 1.165) is 19.3 Å². The molecule has 0 aromatic heterocycles. The van der Waals surface area contributed by atoms with Gasteiger partial charge in [-0.2, -0.15) is 0 Å². The third-order valence-corrected chi connectivity index (χ3v) is 7.48. The average molecular weight is 238 g/mol. The fourth-order valence-corrected chi connectivity index (χ4v) is 6.12. The first-order valence-electron chi connectivity index (χ1n) is 7.11. The number of hydrogen-bond acceptors (Lipinski definition) is 2. The molecule has 3 aliphatic carbocycles. The van der Waals surface area contributed by atoms with Gasteiger partial charge in [0.15, 0.2) is 0 Å². The zero-order chi connectivity index (χ0) is 12.7. The van der Waals surface area contributed by atoms with Crippen LogP contribution in [0.1, 0.15) is 59.8 Å². The third kappa shape index (κ3) is 0.986. The SMILES string of the molecule is C[C@]1(O)[C@H]2CC[C@@]3(C)[C@@]2(C)CCC[C@]3(C)[C@H]1O. The van der Waals surface area contributed by atoms with E-state index in [1.165, 1.54) is 12.8 Å². The van der Waals surface area contributed by atoms with Gasteiger partial charge in [-0.25, -0.2) is 0 Å². The predicted molar refractivity (Wildman–Crippen MR) is 67.5 cm³/mol. The van der Waals surface area contributed by atoms with Gasteiger partial charge in [-0.1, -0.05) is 27.2 Å². The van der Waals surface area contributed by atoms with E-state index in [9.17, 15) is 10.2 Å². The summed E-state index contributed by atoms with van der Waals surface area (Å²) in [6.07, 6.45) is 5.15. The maximum absolute atomic E-state index is 10.8. The van der Waals surface area contributed by atoms with Gasteiger partial charge in [0.25, 0.3) is 0 Å². The minimum Gasteiger partial charge on any atom is -0.390 e. The normalized spacial score (nSPS) is 66.0. The van der Waals surface area contributed by atoms with E-state index in [-0.39, 0.29) is 22.2 Å². The van der Waals surface area contributed by atoms with Crippen LogP contribution in [0.15, 0.2) is 0 Å². The van der Waals surface area contributed by atoms with Gasteiger partial charge in [0.1, 0.15) is 0 Å². The molecule has 0 saturated heterocycles. The Labute approximate surface area is 104 Å². The van der Waals surface area contributed by atoms with Crippen molar-refractivity contribution in [3.63, 3.8) is 0 Å². The summed E-state index contributed by atoms with van der Waals surface area (Å²) in [5.41, 5.74) is -0.607. The Balaban J connectivity index is 2.23. The van der Waals surface area contributed by atoms with Crippen molar-refractivity contribution in [2.75, 3.05) is 0 Å². The lowest BCUT2D eigenvalue weighted by Crippen LogP contribution is -2.70. The first-order chi connectivity index (χ1) is 7.70. The van der Waals surface area contributed by atoms with Crippen LogP contribution in [0.5, 0.6) is 0 Å². The van der Waals surface area contributed by atoms with E-state index in [4.69, 9.17) is 0 Å². The van der Waals surface area contributed by atoms with Crippen molar-refractivity contribution >= 4 is 0 Å². The Morgan fingerprint density at radius 1 is 0.941 bits per heavy atom. The minimum atomic E-state index is -0.903. The van der Waals surface area contributed by atoms with Gasteiger partial charge in [0, 0.05) is 5.41 Å². The second-order valence-corrected chi connectivity index (χ2v) is 7.74. The van der Waals surface area contributed by atoms with E-state index in [2.05, 4.69) is 20.8 Å². The maximum atomic E-state index is 10.8. The van der Waals surface area contributed by atoms with Crippen molar-refractivity contribution in [2.45, 2.75) is 71.5 Å². The maximum Gasteiger partial charge on any atom is 0.0916 e. The van der Waals surface area contributed by atoms with Crippen molar-refractivity contribution in [1.82, 2.24) is 0 Å². The smallest absolute Gasteiger partial charge is 0.0916 e. The van der Waals surface area contributed by atoms with Crippen molar-refractivity contribution < 1.29 is 10.2 Å². The molecule has 0 unspecified atom stereocenters. The highest BCUT2D eigenvalue weighted by molar-refractivity contribution is 5.24. The Morgan fingerprint density at radius 2 is 1.53 bits per heavy atom. The zero-order valence-corrected chi connectivity index (χ0v) is 11.6. The second kappa shape index (κ2) is 2.91. The van der Waals surface area contributed by atoms with E-state index >= 15 is 0 Å². The van der Waals surface area contributed by atoms with Gasteiger partial charge in [0.05, 0.1) is 11.7 Å². The first kappa shape index (κ1) is 12.0. The van der Waals surface area contributed by atoms with E-state index in [0.29, 0.717) is 0 Å². The second-order valence-electron chi connectivity index (χ2n) is 7.74. The van der Waals surface area contributed by atoms with Crippen LogP contribution >= 0.6 is 0 Å². The van der Waals surface area contributed by atoms with Gasteiger partial charge in [-0.05, 0) is 49.4 Å². The summed E-state index contributed by atoms with van der Waals surface area (Å²) in [5, 5.41) is 21.5. The van der Waals surface area contributed by atoms with E-state index < -0.39 is 11.7 Å². The largest absolute Gasteiger partial charge is 0.390 e. The molecule has 0 heterocycles. The van der Waals surface area contributed by atoms with Gasteiger partial charge in [-0.3, -0.25) is 0 Å². The Bertz CT molecular complexity index is 364. The van der Waals surface area contributed by atoms with Crippen LogP contribution in [0.3, 0.4) is 0 Å². The molecule has 0 aliphatic heterocycles. The molecule has 2 heteroatoms. The third-order valence-electron chi connectivity index (χ3n) is 7.48. The molecule has 0 radical (unpaired) electrons. The summed E-state index contributed by atoms with van der Waals surface area (Å²) < 4.78 is 0. The molecule has 3 aliphatic rings. The summed E-state index contributed by atoms with van der Waals surface area (Å²) >= 11 is 0. The molecule has 0 aromatic carbocycles. The summed E-state index contributed by atoms with van der Waals surface area (Å²) in [5.74, 6) is 0.267. The molecular weight excluding hydrogens is 212 g/mol. The number of aliphatic hydroxyl groups excluding tert-OH is 1. The summed E-state index contributed by atoms with van der Waals surface area (Å²) in [7, 11) is 0. The van der Waals surface area contributed by atoms with Crippen molar-refractivity contribution in [3.8, 4) is 0 Å². The van der Waals surface area contributed by atoms with Crippen LogP contribution in [-0.4, -0.2) is 21.9 Å². The fraction of sp³-hybridized carbons (Fsp3) is 1.00. The monoisotopic (exact) mass is 238 g/mol. The van der Waals surface area contributed by atoms with E-state index in [1.54, 1.807) is 0 Å². The van der Waals surface area contributed by atoms with Crippen molar-refractivity contribution in [1.29, 1.82) is 0 Å². The van der Waals surface area contributed by atoms with Gasteiger partial charge < -0.3 is 10.2 Å². The molecule has 0 aromatic rings. The molecule has 4 bridgehead atoms. The number of aliphatic hydroxyl groups is 2. The van der Waals surface area contributed by atoms with Gasteiger partial charge in [0.2, 0.25) is 0 Å². The minimum absolute atomic E-state index is 0.115. The molecular formula is C15H26O2. The Morgan fingerprint density at radius 3 is 2.18 bits per heavy atom. The number of hydrogen-bond donors (Lipinski definition) is 2. The van der Waals surface area contributed by atoms with Crippen molar-refractivity contribution in [3.05, 3.63) is 0 Å². The van der Waals surface area contributed by atoms with Crippen LogP contribution in [0, 0.1) is 22.2 Å². The standard InChI is InChI=1S/C15H26O2/c1-12-7-5-8-13(2)11(16)15(4,17)10(12)6-9-14(12,13)3/h10-11,16-17H,5-9H2,1-4H3/t10-,11+,12-,13+,14-,15-/m0/s1. The Kier molecular flexibility index (Phi) is 2.05. The van der Waals surface area contributed by atoms with Gasteiger partial charge >= 0.3 is 0 Å². The highest BCUT2D eigenvalue weighted by Crippen LogP contribution is 2.76. The predicted octanol–water partition coefficient (Wildman–Crippen LogP) is 2.72. The molecule has 17 heavy (non-hydrogen) atoms. The highest BCUT2D eigenvalue weighted by Gasteiger charge is 2.74. The molecule has 98 valence electrons. The number of rotatable bonds is 0. The molecule has 3 rings (SSSR count). The van der Waals surface area contributed by atoms with Crippen LogP contribution in [-0.2, 0) is 0 Å². The summed E-state index contributed by atoms with van der Waals surface area (Å²) in [6, 6.07) is 0. The molecule has 2 N–H and O–H groups in total. The molecule has 0 spiro atoms. The Hall–Kier alpha value is -0.0800. The molecule has 2 nitrogen and oxygen atoms in total. The van der Waals surface area contributed by atoms with Crippen molar-refractivity contribution in [2.24, 2.45) is 22.2 Å². The molecule has 3 saturated carbocycles.